The predicted octanol–water partition coefficient (Wildman–Crippen LogP) is 3.40. The first-order valence-electron chi connectivity index (χ1n) is 7.77. The summed E-state index contributed by atoms with van der Waals surface area (Å²) < 4.78 is 0. The summed E-state index contributed by atoms with van der Waals surface area (Å²) in [5.74, 6) is -0.430. The summed E-state index contributed by atoms with van der Waals surface area (Å²) >= 11 is 0. The zero-order valence-corrected chi connectivity index (χ0v) is 13.5. The Morgan fingerprint density at radius 1 is 1.28 bits per heavy atom. The van der Waals surface area contributed by atoms with Crippen molar-refractivity contribution in [2.24, 2.45) is 5.10 Å². The third-order valence-corrected chi connectivity index (χ3v) is 3.92. The van der Waals surface area contributed by atoms with Crippen LogP contribution < -0.4 is 5.43 Å². The molecule has 1 heterocycles. The summed E-state index contributed by atoms with van der Waals surface area (Å²) in [4.78, 5) is 25.3. The fourth-order valence-corrected chi connectivity index (χ4v) is 2.60. The first kappa shape index (κ1) is 16.4. The van der Waals surface area contributed by atoms with Gasteiger partial charge >= 0.3 is 0 Å². The first-order chi connectivity index (χ1) is 12.1. The van der Waals surface area contributed by atoms with Crippen LogP contribution in [-0.4, -0.2) is 22.0 Å². The normalized spacial score (nSPS) is 11.1. The maximum absolute atomic E-state index is 12.0. The molecule has 0 bridgehead atoms. The maximum atomic E-state index is 12.0. The Morgan fingerprint density at radius 2 is 2.04 bits per heavy atom. The number of hydrazone groups is 1. The lowest BCUT2D eigenvalue weighted by atomic mass is 10.1. The lowest BCUT2D eigenvalue weighted by Gasteiger charge is -2.00. The number of aromatic nitrogens is 1. The number of H-pyrrole nitrogens is 1. The second kappa shape index (κ2) is 6.96. The van der Waals surface area contributed by atoms with E-state index in [1.807, 2.05) is 18.3 Å². The lowest BCUT2D eigenvalue weighted by Crippen LogP contribution is -2.17. The number of carbonyl (C=O) groups is 1. The van der Waals surface area contributed by atoms with E-state index < -0.39 is 10.8 Å². The van der Waals surface area contributed by atoms with Crippen molar-refractivity contribution >= 4 is 28.7 Å². The molecule has 0 aliphatic heterocycles. The molecule has 1 aromatic heterocycles. The standard InChI is InChI=1S/C18H16N4O3/c1-2-12-4-3-5-16-14(10-19-17(12)16)11-20-21-18(23)13-6-8-15(9-7-13)22(24)25/h3-11,19H,2H2,1H3,(H,21,23)/b20-11+. The van der Waals surface area contributed by atoms with Gasteiger partial charge in [-0.05, 0) is 24.1 Å². The average Bonchev–Trinajstić information content (AvgIpc) is 3.05. The third kappa shape index (κ3) is 3.40. The topological polar surface area (TPSA) is 100 Å². The molecule has 0 radical (unpaired) electrons. The number of hydrogen-bond acceptors (Lipinski definition) is 4. The molecule has 3 rings (SSSR count). The molecule has 7 nitrogen and oxygen atoms in total. The molecule has 0 unspecified atom stereocenters. The van der Waals surface area contributed by atoms with Gasteiger partial charge in [-0.1, -0.05) is 25.1 Å². The number of aryl methyl sites for hydroxylation is 1. The van der Waals surface area contributed by atoms with Gasteiger partial charge in [0.15, 0.2) is 0 Å². The Hall–Kier alpha value is -3.48. The van der Waals surface area contributed by atoms with Gasteiger partial charge in [-0.25, -0.2) is 5.43 Å². The monoisotopic (exact) mass is 336 g/mol. The number of aromatic amines is 1. The van der Waals surface area contributed by atoms with E-state index in [2.05, 4.69) is 28.5 Å². The molecular formula is C18H16N4O3. The minimum atomic E-state index is -0.512. The fourth-order valence-electron chi connectivity index (χ4n) is 2.60. The molecule has 7 heteroatoms. The van der Waals surface area contributed by atoms with Gasteiger partial charge in [-0.2, -0.15) is 5.10 Å². The molecule has 0 saturated carbocycles. The van der Waals surface area contributed by atoms with Crippen molar-refractivity contribution in [2.45, 2.75) is 13.3 Å². The van der Waals surface area contributed by atoms with E-state index in [0.717, 1.165) is 22.9 Å². The number of nitro benzene ring substituents is 1. The van der Waals surface area contributed by atoms with Crippen LogP contribution in [0.15, 0.2) is 53.8 Å². The van der Waals surface area contributed by atoms with Gasteiger partial charge < -0.3 is 4.98 Å². The Bertz CT molecular complexity index is 958. The summed E-state index contributed by atoms with van der Waals surface area (Å²) in [5.41, 5.74) is 5.81. The van der Waals surface area contributed by atoms with Gasteiger partial charge in [0.05, 0.1) is 11.1 Å². The predicted molar refractivity (Wildman–Crippen MR) is 95.8 cm³/mol. The summed E-state index contributed by atoms with van der Waals surface area (Å²) in [6.45, 7) is 2.09. The number of fused-ring (bicyclic) bond motifs is 1. The van der Waals surface area contributed by atoms with Gasteiger partial charge in [-0.15, -0.1) is 0 Å². The van der Waals surface area contributed by atoms with Crippen molar-refractivity contribution in [3.8, 4) is 0 Å². The molecular weight excluding hydrogens is 320 g/mol. The van der Waals surface area contributed by atoms with Crippen LogP contribution in [0.1, 0.15) is 28.4 Å². The molecule has 0 atom stereocenters. The highest BCUT2D eigenvalue weighted by Crippen LogP contribution is 2.21. The number of hydrogen-bond donors (Lipinski definition) is 2. The van der Waals surface area contributed by atoms with E-state index in [1.165, 1.54) is 29.8 Å². The summed E-state index contributed by atoms with van der Waals surface area (Å²) in [5, 5.41) is 15.6. The second-order valence-corrected chi connectivity index (χ2v) is 5.44. The van der Waals surface area contributed by atoms with Crippen molar-refractivity contribution in [3.63, 3.8) is 0 Å². The SMILES string of the molecule is CCc1cccc2c(/C=N/NC(=O)c3ccc([N+](=O)[O-])cc3)c[nH]c12. The zero-order chi connectivity index (χ0) is 17.8. The Kier molecular flexibility index (Phi) is 4.56. The van der Waals surface area contributed by atoms with Gasteiger partial charge in [0.25, 0.3) is 11.6 Å². The van der Waals surface area contributed by atoms with E-state index in [9.17, 15) is 14.9 Å². The number of nitro groups is 1. The molecule has 2 N–H and O–H groups in total. The van der Waals surface area contributed by atoms with Crippen molar-refractivity contribution in [2.75, 3.05) is 0 Å². The fraction of sp³-hybridized carbons (Fsp3) is 0.111. The summed E-state index contributed by atoms with van der Waals surface area (Å²) in [6.07, 6.45) is 4.33. The lowest BCUT2D eigenvalue weighted by molar-refractivity contribution is -0.384. The van der Waals surface area contributed by atoms with Crippen LogP contribution in [-0.2, 0) is 6.42 Å². The quantitative estimate of drug-likeness (QED) is 0.424. The van der Waals surface area contributed by atoms with E-state index in [-0.39, 0.29) is 5.69 Å². The number of amides is 1. The van der Waals surface area contributed by atoms with Gasteiger partial charge in [0, 0.05) is 40.4 Å². The van der Waals surface area contributed by atoms with E-state index >= 15 is 0 Å². The Morgan fingerprint density at radius 3 is 2.72 bits per heavy atom. The minimum absolute atomic E-state index is 0.0643. The molecule has 25 heavy (non-hydrogen) atoms. The third-order valence-electron chi connectivity index (χ3n) is 3.92. The van der Waals surface area contributed by atoms with Crippen LogP contribution in [0.25, 0.3) is 10.9 Å². The zero-order valence-electron chi connectivity index (χ0n) is 13.5. The van der Waals surface area contributed by atoms with Crippen molar-refractivity contribution in [3.05, 3.63) is 75.5 Å². The molecule has 2 aromatic carbocycles. The maximum Gasteiger partial charge on any atom is 0.271 e. The smallest absolute Gasteiger partial charge is 0.271 e. The van der Waals surface area contributed by atoms with Crippen molar-refractivity contribution < 1.29 is 9.72 Å². The van der Waals surface area contributed by atoms with Crippen LogP contribution in [0.5, 0.6) is 0 Å². The van der Waals surface area contributed by atoms with Crippen LogP contribution in [0, 0.1) is 10.1 Å². The summed E-state index contributed by atoms with van der Waals surface area (Å²) in [6, 6.07) is 11.4. The van der Waals surface area contributed by atoms with Gasteiger partial charge in [-0.3, -0.25) is 14.9 Å². The molecule has 1 amide bonds. The number of non-ortho nitro benzene ring substituents is 1. The number of nitrogens with one attached hydrogen (secondary N) is 2. The summed E-state index contributed by atoms with van der Waals surface area (Å²) in [7, 11) is 0. The van der Waals surface area contributed by atoms with Crippen LogP contribution in [0.2, 0.25) is 0 Å². The molecule has 0 spiro atoms. The number of carbonyl (C=O) groups excluding carboxylic acids is 1. The molecule has 0 aliphatic rings. The van der Waals surface area contributed by atoms with Crippen LogP contribution in [0.3, 0.4) is 0 Å². The first-order valence-corrected chi connectivity index (χ1v) is 7.77. The Labute approximate surface area is 143 Å². The van der Waals surface area contributed by atoms with Crippen LogP contribution in [0.4, 0.5) is 5.69 Å². The molecule has 0 fully saturated rings. The number of rotatable bonds is 5. The number of benzene rings is 2. The van der Waals surface area contributed by atoms with Crippen molar-refractivity contribution in [1.29, 1.82) is 0 Å². The molecule has 3 aromatic rings. The van der Waals surface area contributed by atoms with Gasteiger partial charge in [0.1, 0.15) is 0 Å². The Balaban J connectivity index is 1.73. The molecule has 0 saturated heterocycles. The minimum Gasteiger partial charge on any atom is -0.360 e. The largest absolute Gasteiger partial charge is 0.360 e. The highest BCUT2D eigenvalue weighted by molar-refractivity contribution is 6.01. The highest BCUT2D eigenvalue weighted by Gasteiger charge is 2.09. The van der Waals surface area contributed by atoms with E-state index in [1.54, 1.807) is 6.21 Å². The highest BCUT2D eigenvalue weighted by atomic mass is 16.6. The van der Waals surface area contributed by atoms with Crippen LogP contribution >= 0.6 is 0 Å². The van der Waals surface area contributed by atoms with E-state index in [4.69, 9.17) is 0 Å². The van der Waals surface area contributed by atoms with Gasteiger partial charge in [0.2, 0.25) is 0 Å². The molecule has 126 valence electrons. The molecule has 0 aliphatic carbocycles. The van der Waals surface area contributed by atoms with E-state index in [0.29, 0.717) is 5.56 Å². The number of nitrogens with zero attached hydrogens (tertiary/aromatic N) is 2. The number of para-hydroxylation sites is 1. The van der Waals surface area contributed by atoms with Crippen molar-refractivity contribution in [1.82, 2.24) is 10.4 Å². The second-order valence-electron chi connectivity index (χ2n) is 5.44. The average molecular weight is 336 g/mol.